The van der Waals surface area contributed by atoms with Crippen LogP contribution in [0.25, 0.3) is 0 Å². The first-order chi connectivity index (χ1) is 14.9. The van der Waals surface area contributed by atoms with Gasteiger partial charge in [-0.1, -0.05) is 54.3 Å². The van der Waals surface area contributed by atoms with Crippen LogP contribution in [-0.2, 0) is 14.8 Å². The van der Waals surface area contributed by atoms with Gasteiger partial charge in [-0.05, 0) is 42.5 Å². The van der Waals surface area contributed by atoms with Crippen LogP contribution in [-0.4, -0.2) is 42.9 Å². The molecular weight excluding hydrogens is 456 g/mol. The molecule has 0 radical (unpaired) electrons. The zero-order valence-corrected chi connectivity index (χ0v) is 19.3. The number of nitrogens with one attached hydrogen (secondary N) is 1. The zero-order valence-electron chi connectivity index (χ0n) is 16.8. The molecule has 2 aromatic carbocycles. The fraction of sp³-hybridized carbons (Fsp3) is 0.250. The van der Waals surface area contributed by atoms with Gasteiger partial charge in [0.15, 0.2) is 10.4 Å². The average molecular weight is 477 g/mol. The fourth-order valence-electron chi connectivity index (χ4n) is 3.07. The summed E-state index contributed by atoms with van der Waals surface area (Å²) < 4.78 is 34.6. The molecule has 8 nitrogen and oxygen atoms in total. The molecule has 0 fully saturated rings. The van der Waals surface area contributed by atoms with Crippen molar-refractivity contribution in [2.24, 2.45) is 0 Å². The summed E-state index contributed by atoms with van der Waals surface area (Å²) in [4.78, 5) is 13.1. The molecule has 11 heteroatoms. The smallest absolute Gasteiger partial charge is 0.269 e. The molecule has 1 aliphatic heterocycles. The van der Waals surface area contributed by atoms with Crippen LogP contribution in [0, 0.1) is 6.92 Å². The summed E-state index contributed by atoms with van der Waals surface area (Å²) >= 11 is 2.79. The van der Waals surface area contributed by atoms with Crippen LogP contribution in [0.3, 0.4) is 0 Å². The maximum Gasteiger partial charge on any atom is 0.269 e. The fourth-order valence-corrected chi connectivity index (χ4v) is 6.22. The Kier molecular flexibility index (Phi) is 6.17. The van der Waals surface area contributed by atoms with E-state index in [0.29, 0.717) is 16.6 Å². The van der Waals surface area contributed by atoms with Gasteiger partial charge < -0.3 is 4.74 Å². The highest BCUT2D eigenvalue weighted by atomic mass is 32.2. The van der Waals surface area contributed by atoms with Gasteiger partial charge in [0.1, 0.15) is 5.75 Å². The second-order valence-electron chi connectivity index (χ2n) is 6.72. The van der Waals surface area contributed by atoms with Crippen LogP contribution in [0.1, 0.15) is 12.5 Å². The van der Waals surface area contributed by atoms with Gasteiger partial charge in [-0.25, -0.2) is 8.42 Å². The summed E-state index contributed by atoms with van der Waals surface area (Å²) in [5, 5.41) is 11.0. The largest absolute Gasteiger partial charge is 0.476 e. The molecule has 0 saturated carbocycles. The van der Waals surface area contributed by atoms with E-state index in [2.05, 4.69) is 15.5 Å². The van der Waals surface area contributed by atoms with Gasteiger partial charge in [0.05, 0.1) is 17.1 Å². The van der Waals surface area contributed by atoms with E-state index in [4.69, 9.17) is 4.74 Å². The number of hydrogen-bond donors (Lipinski definition) is 1. The van der Waals surface area contributed by atoms with E-state index in [0.717, 1.165) is 15.7 Å². The number of aryl methyl sites for hydroxylation is 1. The number of thioether (sulfide) groups is 1. The minimum absolute atomic E-state index is 0.146. The van der Waals surface area contributed by atoms with Gasteiger partial charge in [-0.15, -0.1) is 10.2 Å². The second kappa shape index (κ2) is 8.85. The third kappa shape index (κ3) is 4.53. The van der Waals surface area contributed by atoms with E-state index in [1.165, 1.54) is 39.5 Å². The van der Waals surface area contributed by atoms with Crippen molar-refractivity contribution in [2.45, 2.75) is 29.2 Å². The highest BCUT2D eigenvalue weighted by molar-refractivity contribution is 8.01. The number of ether oxygens (including phenoxy) is 1. The van der Waals surface area contributed by atoms with Crippen LogP contribution >= 0.6 is 23.1 Å². The van der Waals surface area contributed by atoms with Crippen molar-refractivity contribution < 1.29 is 17.9 Å². The van der Waals surface area contributed by atoms with Crippen LogP contribution < -0.4 is 14.4 Å². The minimum atomic E-state index is -3.89. The predicted molar refractivity (Wildman–Crippen MR) is 122 cm³/mol. The van der Waals surface area contributed by atoms with Gasteiger partial charge in [0.25, 0.3) is 15.9 Å². The van der Waals surface area contributed by atoms with Crippen LogP contribution in [0.5, 0.6) is 5.75 Å². The Morgan fingerprint density at radius 3 is 2.77 bits per heavy atom. The van der Waals surface area contributed by atoms with Crippen molar-refractivity contribution in [2.75, 3.05) is 21.9 Å². The number of fused-ring (bicyclic) bond motifs is 1. The molecule has 162 valence electrons. The summed E-state index contributed by atoms with van der Waals surface area (Å²) in [7, 11) is -3.89. The topological polar surface area (TPSA) is 101 Å². The zero-order chi connectivity index (χ0) is 22.0. The number of hydrogen-bond acceptors (Lipinski definition) is 8. The lowest BCUT2D eigenvalue weighted by atomic mass is 10.1. The number of nitrogens with zero attached hydrogens (tertiary/aromatic N) is 3. The molecule has 31 heavy (non-hydrogen) atoms. The van der Waals surface area contributed by atoms with Crippen molar-refractivity contribution in [1.82, 2.24) is 10.2 Å². The van der Waals surface area contributed by atoms with E-state index in [1.54, 1.807) is 30.3 Å². The van der Waals surface area contributed by atoms with Crippen molar-refractivity contribution in [3.8, 4) is 5.75 Å². The minimum Gasteiger partial charge on any atom is -0.476 e. The van der Waals surface area contributed by atoms with Gasteiger partial charge in [0, 0.05) is 0 Å². The van der Waals surface area contributed by atoms with Gasteiger partial charge in [0.2, 0.25) is 5.13 Å². The first-order valence-electron chi connectivity index (χ1n) is 9.50. The number of amides is 1. The molecule has 2 heterocycles. The molecule has 0 aliphatic carbocycles. The Morgan fingerprint density at radius 1 is 1.26 bits per heavy atom. The van der Waals surface area contributed by atoms with Crippen LogP contribution in [0.4, 0.5) is 10.8 Å². The SMILES string of the molecule is CCSc1nnc(NC(=O)[C@@H]2CN(S(=O)(=O)c3ccccc3)c3ccc(C)cc3O2)s1. The Morgan fingerprint density at radius 2 is 2.03 bits per heavy atom. The number of carbonyl (C=O) groups excluding carboxylic acids is 1. The molecule has 1 aromatic heterocycles. The Labute approximate surface area is 188 Å². The maximum absolute atomic E-state index is 13.4. The third-order valence-corrected chi connectivity index (χ3v) is 8.16. The molecule has 1 amide bonds. The number of benzene rings is 2. The summed E-state index contributed by atoms with van der Waals surface area (Å²) in [5.41, 5.74) is 1.29. The normalized spacial score (nSPS) is 15.8. The van der Waals surface area contributed by atoms with E-state index in [9.17, 15) is 13.2 Å². The van der Waals surface area contributed by atoms with E-state index in [1.807, 2.05) is 19.9 Å². The van der Waals surface area contributed by atoms with Crippen molar-refractivity contribution >= 4 is 49.8 Å². The van der Waals surface area contributed by atoms with Crippen LogP contribution in [0.2, 0.25) is 0 Å². The lowest BCUT2D eigenvalue weighted by Gasteiger charge is -2.34. The average Bonchev–Trinajstić information content (AvgIpc) is 3.20. The molecular formula is C20H20N4O4S3. The first kappa shape index (κ1) is 21.6. The molecule has 1 atom stereocenters. The van der Waals surface area contributed by atoms with Crippen molar-refractivity contribution in [3.05, 3.63) is 54.1 Å². The number of carbonyl (C=O) groups is 1. The predicted octanol–water partition coefficient (Wildman–Crippen LogP) is 3.55. The number of anilines is 2. The molecule has 0 bridgehead atoms. The summed E-state index contributed by atoms with van der Waals surface area (Å²) in [6.45, 7) is 3.72. The van der Waals surface area contributed by atoms with Crippen LogP contribution in [0.15, 0.2) is 57.8 Å². The maximum atomic E-state index is 13.4. The Hall–Kier alpha value is -2.63. The van der Waals surface area contributed by atoms with Gasteiger partial charge >= 0.3 is 0 Å². The summed E-state index contributed by atoms with van der Waals surface area (Å²) in [6, 6.07) is 13.4. The van der Waals surface area contributed by atoms with Crippen molar-refractivity contribution in [1.29, 1.82) is 0 Å². The van der Waals surface area contributed by atoms with E-state index in [-0.39, 0.29) is 11.4 Å². The number of aromatic nitrogens is 2. The number of rotatable bonds is 6. The first-order valence-corrected chi connectivity index (χ1v) is 12.7. The third-order valence-electron chi connectivity index (χ3n) is 4.51. The monoisotopic (exact) mass is 476 g/mol. The molecule has 3 aromatic rings. The summed E-state index contributed by atoms with van der Waals surface area (Å²) in [5.74, 6) is 0.700. The lowest BCUT2D eigenvalue weighted by Crippen LogP contribution is -2.48. The highest BCUT2D eigenvalue weighted by Gasteiger charge is 2.37. The lowest BCUT2D eigenvalue weighted by molar-refractivity contribution is -0.122. The number of sulfonamides is 1. The standard InChI is InChI=1S/C20H20N4O4S3/c1-3-29-20-23-22-19(30-20)21-18(25)17-12-24(15-10-9-13(2)11-16(15)28-17)31(26,27)14-7-5-4-6-8-14/h4-11,17H,3,12H2,1-2H3,(H,21,22,25)/t17-/m0/s1. The Bertz CT molecular complexity index is 1200. The molecule has 4 rings (SSSR count). The van der Waals surface area contributed by atoms with Gasteiger partial charge in [-0.2, -0.15) is 0 Å². The quantitative estimate of drug-likeness (QED) is 0.429. The molecule has 1 N–H and O–H groups in total. The van der Waals surface area contributed by atoms with E-state index < -0.39 is 22.0 Å². The van der Waals surface area contributed by atoms with E-state index >= 15 is 0 Å². The van der Waals surface area contributed by atoms with Gasteiger partial charge in [-0.3, -0.25) is 14.4 Å². The molecule has 0 spiro atoms. The Balaban J connectivity index is 1.64. The summed E-state index contributed by atoms with van der Waals surface area (Å²) in [6.07, 6.45) is -1.04. The van der Waals surface area contributed by atoms with Crippen molar-refractivity contribution in [3.63, 3.8) is 0 Å². The molecule has 0 saturated heterocycles. The highest BCUT2D eigenvalue weighted by Crippen LogP contribution is 2.38. The molecule has 0 unspecified atom stereocenters. The molecule has 1 aliphatic rings. The second-order valence-corrected chi connectivity index (χ2v) is 11.1.